The number of nitrogens with one attached hydrogen (secondary N) is 3. The Kier molecular flexibility index (Phi) is 7.79. The number of hydrogen-bond acceptors (Lipinski definition) is 10. The molecule has 5 N–H and O–H groups in total. The summed E-state index contributed by atoms with van der Waals surface area (Å²) in [5.41, 5.74) is 1.24. The molecule has 2 aromatic heterocycles. The van der Waals surface area contributed by atoms with Crippen LogP contribution in [0, 0.1) is 11.3 Å². The summed E-state index contributed by atoms with van der Waals surface area (Å²) in [4.78, 5) is 29.7. The van der Waals surface area contributed by atoms with E-state index in [0.717, 1.165) is 11.8 Å². The number of dihydropyridines is 1. The maximum atomic E-state index is 13.4. The Morgan fingerprint density at radius 1 is 1.27 bits per heavy atom. The largest absolute Gasteiger partial charge is 0.468 e. The molecule has 14 heteroatoms. The number of carbonyl (C=O) groups is 2. The van der Waals surface area contributed by atoms with Crippen molar-refractivity contribution in [3.63, 3.8) is 0 Å². The summed E-state index contributed by atoms with van der Waals surface area (Å²) >= 11 is 2.41. The van der Waals surface area contributed by atoms with E-state index in [1.807, 2.05) is 0 Å². The van der Waals surface area contributed by atoms with Crippen molar-refractivity contribution < 1.29 is 22.4 Å². The van der Waals surface area contributed by atoms with Crippen LogP contribution in [0.3, 0.4) is 0 Å². The zero-order chi connectivity index (χ0) is 26.6. The molecule has 0 spiro atoms. The third-order valence-corrected chi connectivity index (χ3v) is 7.82. The fraction of sp³-hybridized carbons (Fsp3) is 0.130. The number of primary sulfonamides is 1. The summed E-state index contributed by atoms with van der Waals surface area (Å²) < 4.78 is 28.6. The molecule has 11 nitrogen and oxygen atoms in total. The first kappa shape index (κ1) is 26.2. The Labute approximate surface area is 220 Å². The standard InChI is InChI=1S/C23H20N6O5S3/c1-13-19(21(31)28-14-4-6-15(7-5-14)37(25,32)33)20(17-3-2-9-34-17)16(11-24)22(27-13)36-12-18(30)29-23-26-8-10-35-23/h2-10,20,27H,12H2,1H3,(H,28,31)(H2,25,32,33)(H,26,29,30)/t20-/m1/s1. The van der Waals surface area contributed by atoms with Gasteiger partial charge in [-0.15, -0.1) is 11.3 Å². The van der Waals surface area contributed by atoms with E-state index in [1.165, 1.54) is 41.9 Å². The lowest BCUT2D eigenvalue weighted by Gasteiger charge is -2.28. The molecule has 1 aromatic carbocycles. The van der Waals surface area contributed by atoms with Crippen molar-refractivity contribution in [2.24, 2.45) is 5.14 Å². The van der Waals surface area contributed by atoms with Crippen LogP contribution in [0.25, 0.3) is 0 Å². The van der Waals surface area contributed by atoms with E-state index < -0.39 is 21.8 Å². The summed E-state index contributed by atoms with van der Waals surface area (Å²) in [5, 5.41) is 26.3. The molecule has 0 saturated heterocycles. The molecular weight excluding hydrogens is 536 g/mol. The number of nitrogens with zero attached hydrogens (tertiary/aromatic N) is 2. The lowest BCUT2D eigenvalue weighted by Crippen LogP contribution is -2.31. The number of thiazole rings is 1. The van der Waals surface area contributed by atoms with Gasteiger partial charge in [0.05, 0.1) is 45.1 Å². The summed E-state index contributed by atoms with van der Waals surface area (Å²) in [6.45, 7) is 1.68. The minimum absolute atomic E-state index is 0.00315. The average Bonchev–Trinajstić information content (AvgIpc) is 3.56. The number of furan rings is 1. The highest BCUT2D eigenvalue weighted by Gasteiger charge is 2.36. The van der Waals surface area contributed by atoms with Gasteiger partial charge in [0, 0.05) is 23.0 Å². The molecule has 190 valence electrons. The molecule has 0 fully saturated rings. The van der Waals surface area contributed by atoms with Crippen molar-refractivity contribution in [3.05, 3.63) is 81.9 Å². The molecule has 37 heavy (non-hydrogen) atoms. The number of thioether (sulfide) groups is 1. The van der Waals surface area contributed by atoms with Crippen LogP contribution in [0.4, 0.5) is 10.8 Å². The van der Waals surface area contributed by atoms with Crippen LogP contribution >= 0.6 is 23.1 Å². The van der Waals surface area contributed by atoms with Crippen LogP contribution in [-0.2, 0) is 19.6 Å². The van der Waals surface area contributed by atoms with Gasteiger partial charge in [0.2, 0.25) is 15.9 Å². The summed E-state index contributed by atoms with van der Waals surface area (Å²) in [7, 11) is -3.88. The van der Waals surface area contributed by atoms with Gasteiger partial charge >= 0.3 is 0 Å². The highest BCUT2D eigenvalue weighted by Crippen LogP contribution is 2.41. The highest BCUT2D eigenvalue weighted by molar-refractivity contribution is 8.03. The predicted molar refractivity (Wildman–Crippen MR) is 140 cm³/mol. The number of anilines is 2. The molecule has 3 aromatic rings. The van der Waals surface area contributed by atoms with Crippen LogP contribution in [0.15, 0.2) is 85.4 Å². The van der Waals surface area contributed by atoms with Crippen molar-refractivity contribution in [2.75, 3.05) is 16.4 Å². The molecule has 1 atom stereocenters. The van der Waals surface area contributed by atoms with E-state index in [2.05, 4.69) is 27.0 Å². The van der Waals surface area contributed by atoms with Crippen LogP contribution in [-0.4, -0.2) is 31.0 Å². The monoisotopic (exact) mass is 556 g/mol. The molecule has 3 heterocycles. The molecular formula is C23H20N6O5S3. The molecule has 0 saturated carbocycles. The van der Waals surface area contributed by atoms with Crippen molar-refractivity contribution in [1.82, 2.24) is 10.3 Å². The lowest BCUT2D eigenvalue weighted by molar-refractivity contribution is -0.114. The first-order chi connectivity index (χ1) is 17.7. The number of nitriles is 1. The van der Waals surface area contributed by atoms with Crippen molar-refractivity contribution in [2.45, 2.75) is 17.7 Å². The Morgan fingerprint density at radius 3 is 2.62 bits per heavy atom. The minimum Gasteiger partial charge on any atom is -0.468 e. The number of benzene rings is 1. The number of carbonyl (C=O) groups excluding carboxylic acids is 2. The highest BCUT2D eigenvalue weighted by atomic mass is 32.2. The maximum absolute atomic E-state index is 13.4. The van der Waals surface area contributed by atoms with E-state index in [9.17, 15) is 23.3 Å². The van der Waals surface area contributed by atoms with Gasteiger partial charge < -0.3 is 20.4 Å². The second-order valence-corrected chi connectivity index (χ2v) is 11.1. The van der Waals surface area contributed by atoms with Gasteiger partial charge in [-0.25, -0.2) is 18.5 Å². The average molecular weight is 557 g/mol. The number of nitrogens with two attached hydrogens (primary N) is 1. The first-order valence-electron chi connectivity index (χ1n) is 10.6. The number of rotatable bonds is 8. The molecule has 0 radical (unpaired) electrons. The summed E-state index contributed by atoms with van der Waals surface area (Å²) in [6.07, 6.45) is 3.02. The minimum atomic E-state index is -3.88. The summed E-state index contributed by atoms with van der Waals surface area (Å²) in [6, 6.07) is 10.8. The van der Waals surface area contributed by atoms with Crippen molar-refractivity contribution in [3.8, 4) is 6.07 Å². The smallest absolute Gasteiger partial charge is 0.254 e. The Morgan fingerprint density at radius 2 is 2.03 bits per heavy atom. The van der Waals surface area contributed by atoms with E-state index in [0.29, 0.717) is 27.3 Å². The number of allylic oxidation sites excluding steroid dienone is 2. The molecule has 1 aliphatic heterocycles. The van der Waals surface area contributed by atoms with E-state index in [4.69, 9.17) is 9.56 Å². The van der Waals surface area contributed by atoms with Crippen LogP contribution in [0.2, 0.25) is 0 Å². The van der Waals surface area contributed by atoms with Gasteiger partial charge in [-0.05, 0) is 43.3 Å². The zero-order valence-corrected chi connectivity index (χ0v) is 21.7. The molecule has 1 aliphatic rings. The number of aromatic nitrogens is 1. The van der Waals surface area contributed by atoms with E-state index in [1.54, 1.807) is 30.6 Å². The second-order valence-electron chi connectivity index (χ2n) is 7.66. The van der Waals surface area contributed by atoms with Crippen molar-refractivity contribution in [1.29, 1.82) is 5.26 Å². The Balaban J connectivity index is 1.59. The molecule has 0 unspecified atom stereocenters. The number of hydrogen-bond donors (Lipinski definition) is 4. The second kappa shape index (κ2) is 11.0. The predicted octanol–water partition coefficient (Wildman–Crippen LogP) is 3.09. The molecule has 0 bridgehead atoms. The topological polar surface area (TPSA) is 180 Å². The lowest BCUT2D eigenvalue weighted by atomic mass is 9.85. The third kappa shape index (κ3) is 6.09. The van der Waals surface area contributed by atoms with Gasteiger partial charge in [-0.2, -0.15) is 5.26 Å². The van der Waals surface area contributed by atoms with Crippen LogP contribution < -0.4 is 21.1 Å². The fourth-order valence-electron chi connectivity index (χ4n) is 3.57. The Hall–Kier alpha value is -3.90. The Bertz CT molecular complexity index is 1520. The summed E-state index contributed by atoms with van der Waals surface area (Å²) in [5.74, 6) is -1.28. The molecule has 2 amide bonds. The number of amides is 2. The van der Waals surface area contributed by atoms with Gasteiger partial charge in [0.15, 0.2) is 5.13 Å². The first-order valence-corrected chi connectivity index (χ1v) is 14.0. The van der Waals surface area contributed by atoms with Gasteiger partial charge in [0.1, 0.15) is 5.76 Å². The van der Waals surface area contributed by atoms with Crippen LogP contribution in [0.1, 0.15) is 18.6 Å². The zero-order valence-electron chi connectivity index (χ0n) is 19.2. The van der Waals surface area contributed by atoms with Gasteiger partial charge in [-0.3, -0.25) is 9.59 Å². The number of sulfonamides is 1. The van der Waals surface area contributed by atoms with Crippen molar-refractivity contribution >= 4 is 55.8 Å². The van der Waals surface area contributed by atoms with Gasteiger partial charge in [-0.1, -0.05) is 11.8 Å². The fourth-order valence-corrected chi connectivity index (χ4v) is 5.52. The molecule has 4 rings (SSSR count). The maximum Gasteiger partial charge on any atom is 0.254 e. The normalized spacial score (nSPS) is 15.6. The van der Waals surface area contributed by atoms with Crippen LogP contribution in [0.5, 0.6) is 0 Å². The van der Waals surface area contributed by atoms with Gasteiger partial charge in [0.25, 0.3) is 5.91 Å². The van der Waals surface area contributed by atoms with E-state index in [-0.39, 0.29) is 27.7 Å². The third-order valence-electron chi connectivity index (χ3n) is 5.19. The SMILES string of the molecule is CC1=C(C(=O)Nc2ccc(S(N)(=O)=O)cc2)[C@@H](c2ccco2)C(C#N)=C(SCC(=O)Nc2nccs2)N1. The molecule has 0 aliphatic carbocycles. The quantitative estimate of drug-likeness (QED) is 0.324. The van der Waals surface area contributed by atoms with E-state index >= 15 is 0 Å².